The summed E-state index contributed by atoms with van der Waals surface area (Å²) in [7, 11) is 2.01. The Balaban J connectivity index is 1.35. The number of aromatic nitrogens is 2. The average molecular weight is 638 g/mol. The molecule has 0 radical (unpaired) electrons. The van der Waals surface area contributed by atoms with Crippen molar-refractivity contribution in [3.63, 3.8) is 0 Å². The molecule has 0 spiro atoms. The Morgan fingerprint density at radius 3 is 2.41 bits per heavy atom. The van der Waals surface area contributed by atoms with Gasteiger partial charge in [0, 0.05) is 51.1 Å². The van der Waals surface area contributed by atoms with Crippen LogP contribution in [0.1, 0.15) is 76.7 Å². The summed E-state index contributed by atoms with van der Waals surface area (Å²) in [5, 5.41) is 10.0. The number of piperazine rings is 1. The van der Waals surface area contributed by atoms with Gasteiger partial charge in [0.05, 0.1) is 11.9 Å². The van der Waals surface area contributed by atoms with Crippen LogP contribution in [0.25, 0.3) is 0 Å². The van der Waals surface area contributed by atoms with Crippen molar-refractivity contribution < 1.29 is 23.6 Å². The highest BCUT2D eigenvalue weighted by molar-refractivity contribution is 6.00. The molecule has 46 heavy (non-hydrogen) atoms. The number of hydrogen-bond donors (Lipinski definition) is 2. The highest BCUT2D eigenvalue weighted by Crippen LogP contribution is 2.34. The van der Waals surface area contributed by atoms with Gasteiger partial charge in [-0.2, -0.15) is 5.10 Å². The molecule has 250 valence electrons. The molecule has 0 bridgehead atoms. The van der Waals surface area contributed by atoms with Crippen molar-refractivity contribution in [1.29, 1.82) is 0 Å². The van der Waals surface area contributed by atoms with Crippen LogP contribution in [0, 0.1) is 17.7 Å². The van der Waals surface area contributed by atoms with Gasteiger partial charge >= 0.3 is 0 Å². The number of aryl methyl sites for hydroxylation is 1. The smallest absolute Gasteiger partial charge is 0.247 e. The minimum atomic E-state index is -0.838. The fraction of sp³-hybridized carbons (Fsp3) is 0.618. The van der Waals surface area contributed by atoms with Crippen molar-refractivity contribution in [3.8, 4) is 0 Å². The summed E-state index contributed by atoms with van der Waals surface area (Å²) in [4.78, 5) is 58.3. The van der Waals surface area contributed by atoms with E-state index in [9.17, 15) is 19.2 Å². The van der Waals surface area contributed by atoms with Crippen molar-refractivity contribution in [1.82, 2.24) is 24.9 Å². The van der Waals surface area contributed by atoms with Crippen molar-refractivity contribution in [2.75, 3.05) is 43.4 Å². The number of anilines is 2. The van der Waals surface area contributed by atoms with Gasteiger partial charge in [0.2, 0.25) is 24.1 Å². The van der Waals surface area contributed by atoms with Crippen LogP contribution in [0.15, 0.2) is 30.5 Å². The summed E-state index contributed by atoms with van der Waals surface area (Å²) in [6.07, 6.45) is 9.26. The number of nitrogens with zero attached hydrogens (tertiary/aromatic N) is 5. The van der Waals surface area contributed by atoms with E-state index >= 15 is 4.39 Å². The third-order valence-corrected chi connectivity index (χ3v) is 9.88. The van der Waals surface area contributed by atoms with Crippen LogP contribution < -0.4 is 15.5 Å². The number of halogens is 1. The molecule has 2 saturated carbocycles. The minimum absolute atomic E-state index is 0.00341. The van der Waals surface area contributed by atoms with E-state index in [0.717, 1.165) is 58.0 Å². The van der Waals surface area contributed by atoms with E-state index in [-0.39, 0.29) is 23.4 Å². The molecule has 3 atom stereocenters. The SMILES string of the molecule is CCn1nccc1N(C=O)[C@H](C(=O)Nc1ccc([C@H](C)[C@@H](NC(=O)CC2CC2)C(=O)N2CCN(C)CC2)cc1F)C1CCCCC1. The molecule has 2 aliphatic carbocycles. The second-order valence-corrected chi connectivity index (χ2v) is 13.2. The topological polar surface area (TPSA) is 120 Å². The highest BCUT2D eigenvalue weighted by Gasteiger charge is 2.37. The average Bonchev–Trinajstić information content (AvgIpc) is 3.75. The summed E-state index contributed by atoms with van der Waals surface area (Å²) < 4.78 is 17.4. The molecule has 11 nitrogen and oxygen atoms in total. The predicted molar refractivity (Wildman–Crippen MR) is 174 cm³/mol. The summed E-state index contributed by atoms with van der Waals surface area (Å²) in [5.74, 6) is -1.14. The lowest BCUT2D eigenvalue weighted by molar-refractivity contribution is -0.138. The van der Waals surface area contributed by atoms with E-state index in [0.29, 0.717) is 49.8 Å². The second-order valence-electron chi connectivity index (χ2n) is 13.2. The third kappa shape index (κ3) is 7.94. The number of carbonyl (C=O) groups is 4. The summed E-state index contributed by atoms with van der Waals surface area (Å²) in [5.41, 5.74) is 0.538. The van der Waals surface area contributed by atoms with Gasteiger partial charge in [-0.05, 0) is 69.2 Å². The number of rotatable bonds is 13. The second kappa shape index (κ2) is 15.2. The van der Waals surface area contributed by atoms with E-state index in [1.807, 2.05) is 20.9 Å². The Hall–Kier alpha value is -3.80. The normalized spacial score (nSPS) is 19.6. The Morgan fingerprint density at radius 1 is 1.07 bits per heavy atom. The zero-order valence-corrected chi connectivity index (χ0v) is 27.3. The quantitative estimate of drug-likeness (QED) is 0.323. The predicted octanol–water partition coefficient (Wildman–Crippen LogP) is 3.75. The maximum Gasteiger partial charge on any atom is 0.247 e. The van der Waals surface area contributed by atoms with Gasteiger partial charge in [0.1, 0.15) is 23.7 Å². The van der Waals surface area contributed by atoms with Crippen LogP contribution in [0.4, 0.5) is 15.9 Å². The fourth-order valence-electron chi connectivity index (χ4n) is 6.82. The molecule has 3 aliphatic rings. The first-order valence-corrected chi connectivity index (χ1v) is 16.8. The van der Waals surface area contributed by atoms with Crippen molar-refractivity contribution in [3.05, 3.63) is 41.8 Å². The van der Waals surface area contributed by atoms with Crippen molar-refractivity contribution in [2.45, 2.75) is 89.8 Å². The molecule has 2 aromatic rings. The molecule has 4 amide bonds. The van der Waals surface area contributed by atoms with Gasteiger partial charge in [0.15, 0.2) is 0 Å². The Kier molecular flexibility index (Phi) is 11.1. The molecular formula is C34H48FN7O4. The molecule has 5 rings (SSSR count). The van der Waals surface area contributed by atoms with Crippen LogP contribution in [0.2, 0.25) is 0 Å². The molecule has 1 aliphatic heterocycles. The first kappa shape index (κ1) is 33.6. The van der Waals surface area contributed by atoms with Gasteiger partial charge in [-0.15, -0.1) is 0 Å². The van der Waals surface area contributed by atoms with Crippen LogP contribution in [0.3, 0.4) is 0 Å². The summed E-state index contributed by atoms with van der Waals surface area (Å²) >= 11 is 0. The largest absolute Gasteiger partial charge is 0.344 e. The number of hydrogen-bond acceptors (Lipinski definition) is 6. The van der Waals surface area contributed by atoms with Crippen LogP contribution >= 0.6 is 0 Å². The summed E-state index contributed by atoms with van der Waals surface area (Å²) in [6.45, 7) is 6.88. The van der Waals surface area contributed by atoms with Crippen molar-refractivity contribution in [2.24, 2.45) is 11.8 Å². The molecule has 2 heterocycles. The molecule has 2 N–H and O–H groups in total. The highest BCUT2D eigenvalue weighted by atomic mass is 19.1. The molecule has 3 fully saturated rings. The van der Waals surface area contributed by atoms with E-state index in [2.05, 4.69) is 20.6 Å². The van der Waals surface area contributed by atoms with Gasteiger partial charge in [-0.25, -0.2) is 9.07 Å². The molecule has 1 aromatic heterocycles. The molecule has 1 saturated heterocycles. The van der Waals surface area contributed by atoms with Gasteiger partial charge in [-0.3, -0.25) is 24.1 Å². The molecular weight excluding hydrogens is 589 g/mol. The third-order valence-electron chi connectivity index (χ3n) is 9.88. The van der Waals surface area contributed by atoms with E-state index < -0.39 is 29.7 Å². The van der Waals surface area contributed by atoms with Gasteiger partial charge in [0.25, 0.3) is 0 Å². The summed E-state index contributed by atoms with van der Waals surface area (Å²) in [6, 6.07) is 4.57. The lowest BCUT2D eigenvalue weighted by atomic mass is 9.82. The number of likely N-dealkylation sites (N-methyl/N-ethyl adjacent to an activating group) is 1. The first-order valence-electron chi connectivity index (χ1n) is 16.8. The number of amides is 4. The maximum absolute atomic E-state index is 15.8. The molecule has 0 unspecified atom stereocenters. The lowest BCUT2D eigenvalue weighted by Crippen LogP contribution is -2.55. The maximum atomic E-state index is 15.8. The van der Waals surface area contributed by atoms with Crippen LogP contribution in [-0.2, 0) is 25.7 Å². The number of nitrogens with one attached hydrogen (secondary N) is 2. The standard InChI is InChI=1S/C34H48FN7O4/c1-4-42-30(14-15-36-42)41(22-43)32(25-8-6-5-7-9-25)33(45)37-28-13-12-26(21-27(28)35)23(2)31(38-29(44)20-24-10-11-24)34(46)40-18-16-39(3)17-19-40/h12-15,21-25,31-32H,4-11,16-20H2,1-3H3,(H,37,45)(H,38,44)/t23-,31+,32-/m0/s1. The van der Waals surface area contributed by atoms with Gasteiger partial charge in [-0.1, -0.05) is 32.3 Å². The Bertz CT molecular complexity index is 1380. The zero-order valence-electron chi connectivity index (χ0n) is 27.3. The lowest BCUT2D eigenvalue weighted by Gasteiger charge is -2.36. The minimum Gasteiger partial charge on any atom is -0.344 e. The Morgan fingerprint density at radius 2 is 1.78 bits per heavy atom. The number of carbonyl (C=O) groups excluding carboxylic acids is 4. The zero-order chi connectivity index (χ0) is 32.8. The molecule has 1 aromatic carbocycles. The first-order chi connectivity index (χ1) is 22.2. The van der Waals surface area contributed by atoms with E-state index in [4.69, 9.17) is 0 Å². The Labute approximate surface area is 270 Å². The van der Waals surface area contributed by atoms with E-state index in [1.54, 1.807) is 27.9 Å². The number of benzene rings is 1. The van der Waals surface area contributed by atoms with Gasteiger partial charge < -0.3 is 20.4 Å². The monoisotopic (exact) mass is 637 g/mol. The van der Waals surface area contributed by atoms with E-state index in [1.165, 1.54) is 17.0 Å². The van der Waals surface area contributed by atoms with Crippen LogP contribution in [0.5, 0.6) is 0 Å². The molecule has 12 heteroatoms. The van der Waals surface area contributed by atoms with Crippen molar-refractivity contribution >= 4 is 35.6 Å². The van der Waals surface area contributed by atoms with Crippen LogP contribution in [-0.4, -0.2) is 89.0 Å². The fourth-order valence-corrected chi connectivity index (χ4v) is 6.82.